The lowest BCUT2D eigenvalue weighted by molar-refractivity contribution is -0.132. The number of rotatable bonds is 5. The van der Waals surface area contributed by atoms with E-state index in [2.05, 4.69) is 0 Å². The molecule has 27 heavy (non-hydrogen) atoms. The number of carbonyl (C=O) groups is 2. The summed E-state index contributed by atoms with van der Waals surface area (Å²) in [5.74, 6) is -0.254. The fourth-order valence-electron chi connectivity index (χ4n) is 3.06. The molecule has 0 unspecified atom stereocenters. The summed E-state index contributed by atoms with van der Waals surface area (Å²) >= 11 is 6.52. The maximum atomic E-state index is 12.6. The molecule has 3 rings (SSSR count). The molecule has 0 saturated carbocycles. The van der Waals surface area contributed by atoms with Crippen molar-refractivity contribution in [1.29, 1.82) is 0 Å². The van der Waals surface area contributed by atoms with E-state index in [1.165, 1.54) is 21.6 Å². The summed E-state index contributed by atoms with van der Waals surface area (Å²) in [6.07, 6.45) is 2.36. The molecule has 2 aliphatic rings. The van der Waals surface area contributed by atoms with E-state index in [0.717, 1.165) is 5.56 Å². The Morgan fingerprint density at radius 3 is 2.70 bits per heavy atom. The van der Waals surface area contributed by atoms with E-state index in [1.54, 1.807) is 13.1 Å². The van der Waals surface area contributed by atoms with Gasteiger partial charge in [0.2, 0.25) is 5.91 Å². The van der Waals surface area contributed by atoms with Gasteiger partial charge >= 0.3 is 0 Å². The number of hydrogen-bond donors (Lipinski definition) is 0. The number of thioether (sulfide) groups is 1. The first-order valence-electron chi connectivity index (χ1n) is 8.53. The van der Waals surface area contributed by atoms with Crippen molar-refractivity contribution in [3.05, 3.63) is 40.8 Å². The molecule has 1 aromatic rings. The van der Waals surface area contributed by atoms with Gasteiger partial charge in [0.1, 0.15) is 4.32 Å². The average Bonchev–Trinajstić information content (AvgIpc) is 3.12. The van der Waals surface area contributed by atoms with Crippen molar-refractivity contribution in [3.63, 3.8) is 0 Å². The van der Waals surface area contributed by atoms with Gasteiger partial charge in [-0.15, -0.1) is 0 Å². The number of benzene rings is 1. The molecule has 0 aromatic heterocycles. The molecule has 0 N–H and O–H groups in total. The number of amides is 2. The van der Waals surface area contributed by atoms with Crippen LogP contribution in [0, 0.1) is 0 Å². The quantitative estimate of drug-likeness (QED) is 0.531. The molecular formula is C18H20N2O4S3. The fourth-order valence-corrected chi connectivity index (χ4v) is 6.14. The predicted molar refractivity (Wildman–Crippen MR) is 111 cm³/mol. The largest absolute Gasteiger partial charge is 0.342 e. The minimum atomic E-state index is -3.05. The molecule has 1 aromatic carbocycles. The first kappa shape index (κ1) is 20.0. The zero-order valence-electron chi connectivity index (χ0n) is 14.8. The van der Waals surface area contributed by atoms with Gasteiger partial charge in [0.25, 0.3) is 5.91 Å². The molecule has 2 aliphatic heterocycles. The Bertz CT molecular complexity index is 896. The summed E-state index contributed by atoms with van der Waals surface area (Å²) in [4.78, 5) is 28.5. The Morgan fingerprint density at radius 2 is 2.07 bits per heavy atom. The van der Waals surface area contributed by atoms with E-state index in [-0.39, 0.29) is 42.3 Å². The Labute approximate surface area is 168 Å². The zero-order valence-corrected chi connectivity index (χ0v) is 17.3. The minimum absolute atomic E-state index is 0.0100. The predicted octanol–water partition coefficient (Wildman–Crippen LogP) is 1.92. The molecule has 0 bridgehead atoms. The third-order valence-electron chi connectivity index (χ3n) is 4.67. The molecule has 9 heteroatoms. The van der Waals surface area contributed by atoms with Crippen LogP contribution in [0.1, 0.15) is 18.4 Å². The summed E-state index contributed by atoms with van der Waals surface area (Å²) in [5.41, 5.74) is 0.913. The summed E-state index contributed by atoms with van der Waals surface area (Å²) in [7, 11) is -1.43. The van der Waals surface area contributed by atoms with Gasteiger partial charge in [-0.05, 0) is 18.1 Å². The van der Waals surface area contributed by atoms with E-state index < -0.39 is 9.84 Å². The van der Waals surface area contributed by atoms with E-state index in [0.29, 0.717) is 15.6 Å². The second-order valence-corrected chi connectivity index (χ2v) is 10.5. The summed E-state index contributed by atoms with van der Waals surface area (Å²) in [6.45, 7) is 0.194. The van der Waals surface area contributed by atoms with Gasteiger partial charge < -0.3 is 4.90 Å². The Hall–Kier alpha value is -1.71. The number of nitrogens with zero attached hydrogens (tertiary/aromatic N) is 2. The van der Waals surface area contributed by atoms with E-state index in [1.807, 2.05) is 30.3 Å². The molecule has 0 aliphatic carbocycles. The smallest absolute Gasteiger partial charge is 0.266 e. The van der Waals surface area contributed by atoms with Crippen molar-refractivity contribution in [2.75, 3.05) is 25.1 Å². The monoisotopic (exact) mass is 424 g/mol. The maximum Gasteiger partial charge on any atom is 0.266 e. The minimum Gasteiger partial charge on any atom is -0.342 e. The lowest BCUT2D eigenvalue weighted by atomic mass is 10.2. The Balaban J connectivity index is 1.59. The lowest BCUT2D eigenvalue weighted by Gasteiger charge is -2.24. The van der Waals surface area contributed by atoms with Crippen LogP contribution >= 0.6 is 24.0 Å². The van der Waals surface area contributed by atoms with E-state index in [9.17, 15) is 18.0 Å². The third kappa shape index (κ3) is 4.77. The van der Waals surface area contributed by atoms with E-state index >= 15 is 0 Å². The Kier molecular flexibility index (Phi) is 6.02. The molecule has 6 nitrogen and oxygen atoms in total. The summed E-state index contributed by atoms with van der Waals surface area (Å²) in [6, 6.07) is 9.21. The van der Waals surface area contributed by atoms with Crippen LogP contribution in [0.2, 0.25) is 0 Å². The molecule has 0 spiro atoms. The second-order valence-electron chi connectivity index (χ2n) is 6.56. The van der Waals surface area contributed by atoms with Crippen LogP contribution < -0.4 is 0 Å². The first-order valence-corrected chi connectivity index (χ1v) is 11.6. The van der Waals surface area contributed by atoms with Crippen LogP contribution in [0.25, 0.3) is 6.08 Å². The van der Waals surface area contributed by atoms with Crippen molar-refractivity contribution in [2.45, 2.75) is 18.9 Å². The maximum absolute atomic E-state index is 12.6. The van der Waals surface area contributed by atoms with Gasteiger partial charge in [-0.2, -0.15) is 0 Å². The fraction of sp³-hybridized carbons (Fsp3) is 0.389. The van der Waals surface area contributed by atoms with Gasteiger partial charge in [0, 0.05) is 26.1 Å². The van der Waals surface area contributed by atoms with Crippen molar-refractivity contribution in [2.24, 2.45) is 0 Å². The number of hydrogen-bond acceptors (Lipinski definition) is 6. The van der Waals surface area contributed by atoms with Crippen molar-refractivity contribution in [1.82, 2.24) is 9.80 Å². The number of sulfone groups is 1. The molecule has 0 radical (unpaired) electrons. The number of carbonyl (C=O) groups excluding carboxylic acids is 2. The van der Waals surface area contributed by atoms with Crippen molar-refractivity contribution in [3.8, 4) is 0 Å². The van der Waals surface area contributed by atoms with Crippen LogP contribution in [-0.4, -0.2) is 65.5 Å². The van der Waals surface area contributed by atoms with Gasteiger partial charge in [-0.25, -0.2) is 8.42 Å². The van der Waals surface area contributed by atoms with Crippen LogP contribution in [0.3, 0.4) is 0 Å². The normalized spacial score (nSPS) is 23.2. The van der Waals surface area contributed by atoms with Gasteiger partial charge in [0.15, 0.2) is 9.84 Å². The molecule has 144 valence electrons. The topological polar surface area (TPSA) is 74.8 Å². The van der Waals surface area contributed by atoms with Crippen LogP contribution in [0.5, 0.6) is 0 Å². The highest BCUT2D eigenvalue weighted by molar-refractivity contribution is 8.26. The SMILES string of the molecule is CN(C(=O)CCN1C(=O)/C(=C/c2ccccc2)SC1=S)[C@@H]1CCS(=O)(=O)C1. The molecule has 1 atom stereocenters. The first-order chi connectivity index (χ1) is 12.8. The van der Waals surface area contributed by atoms with E-state index in [4.69, 9.17) is 12.2 Å². The molecule has 2 saturated heterocycles. The third-order valence-corrected chi connectivity index (χ3v) is 7.80. The summed E-state index contributed by atoms with van der Waals surface area (Å²) in [5, 5.41) is 0. The van der Waals surface area contributed by atoms with Crippen molar-refractivity contribution < 1.29 is 18.0 Å². The molecule has 2 amide bonds. The van der Waals surface area contributed by atoms with Crippen LogP contribution in [0.4, 0.5) is 0 Å². The number of thiocarbonyl (C=S) groups is 1. The Morgan fingerprint density at radius 1 is 1.37 bits per heavy atom. The van der Waals surface area contributed by atoms with Crippen molar-refractivity contribution >= 4 is 56.0 Å². The highest BCUT2D eigenvalue weighted by Crippen LogP contribution is 2.32. The average molecular weight is 425 g/mol. The van der Waals surface area contributed by atoms with Crippen LogP contribution in [-0.2, 0) is 19.4 Å². The van der Waals surface area contributed by atoms with Crippen LogP contribution in [0.15, 0.2) is 35.2 Å². The highest BCUT2D eigenvalue weighted by atomic mass is 32.2. The second kappa shape index (κ2) is 8.12. The highest BCUT2D eigenvalue weighted by Gasteiger charge is 2.35. The molecule has 2 fully saturated rings. The standard InChI is InChI=1S/C18H20N2O4S3/c1-19(14-8-10-27(23,24)12-14)16(21)7-9-20-17(22)15(26-18(20)25)11-13-5-3-2-4-6-13/h2-6,11,14H,7-10,12H2,1H3/b15-11-/t14-/m1/s1. The van der Waals surface area contributed by atoms with Gasteiger partial charge in [0.05, 0.1) is 16.4 Å². The lowest BCUT2D eigenvalue weighted by Crippen LogP contribution is -2.40. The zero-order chi connectivity index (χ0) is 19.6. The summed E-state index contributed by atoms with van der Waals surface area (Å²) < 4.78 is 23.6. The molecule has 2 heterocycles. The van der Waals surface area contributed by atoms with Gasteiger partial charge in [-0.3, -0.25) is 14.5 Å². The van der Waals surface area contributed by atoms with Gasteiger partial charge in [-0.1, -0.05) is 54.3 Å². The molecular weight excluding hydrogens is 404 g/mol.